The average molecular weight is 346 g/mol. The Balaban J connectivity index is 2.66. The molecule has 16 heavy (non-hydrogen) atoms. The van der Waals surface area contributed by atoms with Gasteiger partial charge in [-0.2, -0.15) is 0 Å². The third kappa shape index (κ3) is 1.69. The molecule has 2 rings (SSSR count). The molecule has 0 amide bonds. The van der Waals surface area contributed by atoms with Gasteiger partial charge in [-0.15, -0.1) is 0 Å². The summed E-state index contributed by atoms with van der Waals surface area (Å²) in [6.45, 7) is 9.49. The van der Waals surface area contributed by atoms with Crippen LogP contribution in [0.4, 0.5) is 0 Å². The molecule has 1 aliphatic rings. The number of rotatable bonds is 0. The van der Waals surface area contributed by atoms with Gasteiger partial charge in [0.2, 0.25) is 0 Å². The molecule has 0 saturated carbocycles. The summed E-state index contributed by atoms with van der Waals surface area (Å²) in [5.74, 6) is 0. The van der Waals surface area contributed by atoms with Gasteiger partial charge in [0.15, 0.2) is 0 Å². The molecule has 0 aliphatic heterocycles. The summed E-state index contributed by atoms with van der Waals surface area (Å²) in [6, 6.07) is 4.44. The van der Waals surface area contributed by atoms with Gasteiger partial charge in [-0.1, -0.05) is 33.8 Å². The lowest BCUT2D eigenvalue weighted by Crippen LogP contribution is -2.41. The minimum atomic E-state index is 0.240. The second-order valence-electron chi connectivity index (χ2n) is 5.90. The third-order valence-corrected chi connectivity index (χ3v) is 6.66. The molecular weight excluding hydrogens is 328 g/mol. The molecule has 0 saturated heterocycles. The number of halogens is 2. The van der Waals surface area contributed by atoms with E-state index in [-0.39, 0.29) is 5.41 Å². The first-order valence-corrected chi connectivity index (χ1v) is 7.33. The largest absolute Gasteiger partial charge is 0.0591 e. The molecule has 0 radical (unpaired) electrons. The van der Waals surface area contributed by atoms with Crippen molar-refractivity contribution in [3.8, 4) is 0 Å². The monoisotopic (exact) mass is 344 g/mol. The minimum absolute atomic E-state index is 0.240. The molecule has 0 nitrogen and oxygen atoms in total. The van der Waals surface area contributed by atoms with Crippen molar-refractivity contribution in [1.29, 1.82) is 0 Å². The van der Waals surface area contributed by atoms with Crippen molar-refractivity contribution < 1.29 is 0 Å². The van der Waals surface area contributed by atoms with E-state index in [9.17, 15) is 0 Å². The van der Waals surface area contributed by atoms with E-state index in [4.69, 9.17) is 0 Å². The van der Waals surface area contributed by atoms with Gasteiger partial charge in [0.05, 0.1) is 0 Å². The van der Waals surface area contributed by atoms with Crippen LogP contribution in [0.1, 0.15) is 45.2 Å². The van der Waals surface area contributed by atoms with Crippen LogP contribution in [0.3, 0.4) is 0 Å². The lowest BCUT2D eigenvalue weighted by Gasteiger charge is -2.47. The Morgan fingerprint density at radius 2 is 1.69 bits per heavy atom. The van der Waals surface area contributed by atoms with Crippen molar-refractivity contribution >= 4 is 31.9 Å². The summed E-state index contributed by atoms with van der Waals surface area (Å²) in [4.78, 5) is 0. The highest BCUT2D eigenvalue weighted by Crippen LogP contribution is 2.51. The molecule has 0 atom stereocenters. The van der Waals surface area contributed by atoms with Crippen molar-refractivity contribution in [2.75, 3.05) is 0 Å². The van der Waals surface area contributed by atoms with Crippen LogP contribution in [-0.2, 0) is 11.8 Å². The molecule has 1 aromatic carbocycles. The van der Waals surface area contributed by atoms with E-state index in [1.807, 2.05) is 0 Å². The normalized spacial score (nSPS) is 21.6. The van der Waals surface area contributed by atoms with Gasteiger partial charge in [0, 0.05) is 8.95 Å². The molecule has 2 heteroatoms. The topological polar surface area (TPSA) is 0 Å². The van der Waals surface area contributed by atoms with Gasteiger partial charge in [0.1, 0.15) is 0 Å². The van der Waals surface area contributed by atoms with E-state index in [0.717, 1.165) is 0 Å². The fraction of sp³-hybridized carbons (Fsp3) is 0.571. The summed E-state index contributed by atoms with van der Waals surface area (Å²) < 4.78 is 2.41. The Bertz CT molecular complexity index is 431. The van der Waals surface area contributed by atoms with Gasteiger partial charge < -0.3 is 0 Å². The minimum Gasteiger partial charge on any atom is -0.0591 e. The second kappa shape index (κ2) is 3.84. The van der Waals surface area contributed by atoms with Crippen LogP contribution in [0, 0.1) is 5.41 Å². The van der Waals surface area contributed by atoms with E-state index in [1.165, 1.54) is 32.9 Å². The molecule has 0 fully saturated rings. The molecule has 0 bridgehead atoms. The summed E-state index contributed by atoms with van der Waals surface area (Å²) in [7, 11) is 0. The zero-order valence-corrected chi connectivity index (χ0v) is 13.5. The van der Waals surface area contributed by atoms with Crippen LogP contribution in [-0.4, -0.2) is 0 Å². The molecule has 0 N–H and O–H groups in total. The van der Waals surface area contributed by atoms with E-state index in [1.54, 1.807) is 0 Å². The first kappa shape index (κ1) is 12.6. The first-order chi connectivity index (χ1) is 7.27. The Labute approximate surface area is 115 Å². The van der Waals surface area contributed by atoms with E-state index in [2.05, 4.69) is 71.7 Å². The molecular formula is C14H18Br2. The maximum absolute atomic E-state index is 3.71. The SMILES string of the molecule is CC1(C)CCc2c(ccc(Br)c2Br)C1(C)C. The molecule has 88 valence electrons. The highest BCUT2D eigenvalue weighted by atomic mass is 79.9. The van der Waals surface area contributed by atoms with Crippen molar-refractivity contribution in [1.82, 2.24) is 0 Å². The zero-order valence-electron chi connectivity index (χ0n) is 10.3. The summed E-state index contributed by atoms with van der Waals surface area (Å²) in [5.41, 5.74) is 3.59. The van der Waals surface area contributed by atoms with Gasteiger partial charge in [-0.25, -0.2) is 0 Å². The zero-order chi connectivity index (χ0) is 12.1. The fourth-order valence-corrected chi connectivity index (χ4v) is 3.45. The lowest BCUT2D eigenvalue weighted by atomic mass is 9.57. The van der Waals surface area contributed by atoms with Crippen LogP contribution >= 0.6 is 31.9 Å². The van der Waals surface area contributed by atoms with Crippen LogP contribution in [0.5, 0.6) is 0 Å². The highest BCUT2D eigenvalue weighted by molar-refractivity contribution is 9.13. The maximum atomic E-state index is 3.71. The van der Waals surface area contributed by atoms with Crippen LogP contribution in [0.25, 0.3) is 0 Å². The third-order valence-electron chi connectivity index (χ3n) is 4.56. The van der Waals surface area contributed by atoms with Gasteiger partial charge in [-0.3, -0.25) is 0 Å². The number of hydrogen-bond donors (Lipinski definition) is 0. The standard InChI is InChI=1S/C14H18Br2/c1-13(2)8-7-9-10(14(13,3)4)5-6-11(15)12(9)16/h5-6H,7-8H2,1-4H3. The Hall–Kier alpha value is 0.180. The highest BCUT2D eigenvalue weighted by Gasteiger charge is 2.42. The lowest BCUT2D eigenvalue weighted by molar-refractivity contribution is 0.165. The quantitative estimate of drug-likeness (QED) is 0.585. The summed E-state index contributed by atoms with van der Waals surface area (Å²) >= 11 is 7.30. The van der Waals surface area contributed by atoms with Crippen LogP contribution in [0.2, 0.25) is 0 Å². The average Bonchev–Trinajstić information content (AvgIpc) is 2.18. The molecule has 1 aliphatic carbocycles. The van der Waals surface area contributed by atoms with E-state index in [0.29, 0.717) is 5.41 Å². The molecule has 1 aromatic rings. The van der Waals surface area contributed by atoms with Crippen LogP contribution in [0.15, 0.2) is 21.1 Å². The second-order valence-corrected chi connectivity index (χ2v) is 7.54. The predicted molar refractivity (Wildman–Crippen MR) is 77.0 cm³/mol. The molecule has 0 heterocycles. The Kier molecular flexibility index (Phi) is 3.03. The fourth-order valence-electron chi connectivity index (χ4n) is 2.54. The van der Waals surface area contributed by atoms with Crippen molar-refractivity contribution in [2.45, 2.75) is 46.0 Å². The Morgan fingerprint density at radius 1 is 1.06 bits per heavy atom. The molecule has 0 aromatic heterocycles. The van der Waals surface area contributed by atoms with E-state index >= 15 is 0 Å². The predicted octanol–water partition coefficient (Wildman–Crippen LogP) is 5.46. The van der Waals surface area contributed by atoms with Crippen LogP contribution < -0.4 is 0 Å². The number of fused-ring (bicyclic) bond motifs is 1. The maximum Gasteiger partial charge on any atom is 0.0352 e. The summed E-state index contributed by atoms with van der Waals surface area (Å²) in [6.07, 6.45) is 2.42. The Morgan fingerprint density at radius 3 is 2.31 bits per heavy atom. The van der Waals surface area contributed by atoms with Gasteiger partial charge in [0.25, 0.3) is 0 Å². The van der Waals surface area contributed by atoms with Crippen molar-refractivity contribution in [2.24, 2.45) is 5.41 Å². The van der Waals surface area contributed by atoms with Gasteiger partial charge >= 0.3 is 0 Å². The number of benzene rings is 1. The molecule has 0 spiro atoms. The first-order valence-electron chi connectivity index (χ1n) is 5.75. The van der Waals surface area contributed by atoms with Crippen molar-refractivity contribution in [3.63, 3.8) is 0 Å². The smallest absolute Gasteiger partial charge is 0.0352 e. The van der Waals surface area contributed by atoms with E-state index < -0.39 is 0 Å². The summed E-state index contributed by atoms with van der Waals surface area (Å²) in [5, 5.41) is 0. The number of hydrogen-bond acceptors (Lipinski definition) is 0. The van der Waals surface area contributed by atoms with Crippen molar-refractivity contribution in [3.05, 3.63) is 32.2 Å². The van der Waals surface area contributed by atoms with Gasteiger partial charge in [-0.05, 0) is 72.7 Å². The molecule has 0 unspecified atom stereocenters.